The van der Waals surface area contributed by atoms with Crippen molar-refractivity contribution < 1.29 is 40.1 Å². The second kappa shape index (κ2) is 8.47. The van der Waals surface area contributed by atoms with Crippen LogP contribution in [0.3, 0.4) is 0 Å². The van der Waals surface area contributed by atoms with Crippen molar-refractivity contribution in [3.63, 3.8) is 0 Å². The highest BCUT2D eigenvalue weighted by atomic mass is 16.6. The van der Waals surface area contributed by atoms with E-state index in [1.54, 1.807) is 38.1 Å². The number of hydrogen-bond acceptors (Lipinski definition) is 10. The van der Waals surface area contributed by atoms with Gasteiger partial charge < -0.3 is 50.7 Å². The Bertz CT molecular complexity index is 613. The van der Waals surface area contributed by atoms with E-state index in [4.69, 9.17) is 9.47 Å². The standard InChI is InChI=1S/C18H28N2O8/c1-7-11(21)13(23)15(25)17(27-7)19-9-4-3-5-10(6-9)20-18-16(26)14(24)12(22)8(2)28-18/h3-8,11-26H,1-2H3/t7-,8+,11-,12-,13+,14-,15+,16-,17-,18+/m0/s1. The van der Waals surface area contributed by atoms with E-state index in [1.807, 2.05) is 0 Å². The molecule has 1 aromatic carbocycles. The molecule has 0 bridgehead atoms. The van der Waals surface area contributed by atoms with Crippen LogP contribution in [-0.2, 0) is 9.47 Å². The zero-order valence-corrected chi connectivity index (χ0v) is 15.6. The SMILES string of the molecule is C[C@@H]1O[C@H](Nc2cccc(N[C@@H]3O[C@H](C)[C@H](O)[C@H](O)[C@@H]3O)c2)[C@H](O)[C@H](O)[C@H]1O. The van der Waals surface area contributed by atoms with E-state index in [1.165, 1.54) is 0 Å². The van der Waals surface area contributed by atoms with Gasteiger partial charge in [-0.3, -0.25) is 0 Å². The van der Waals surface area contributed by atoms with Crippen LogP contribution in [0, 0.1) is 0 Å². The molecule has 2 aliphatic rings. The second-order valence-corrected chi connectivity index (χ2v) is 7.34. The van der Waals surface area contributed by atoms with Gasteiger partial charge >= 0.3 is 0 Å². The van der Waals surface area contributed by atoms with Crippen LogP contribution in [0.4, 0.5) is 11.4 Å². The van der Waals surface area contributed by atoms with Crippen LogP contribution in [0.15, 0.2) is 24.3 Å². The molecular formula is C18H28N2O8. The quantitative estimate of drug-likeness (QED) is 0.288. The summed E-state index contributed by atoms with van der Waals surface area (Å²) in [6, 6.07) is 6.79. The maximum absolute atomic E-state index is 10.1. The molecule has 10 atom stereocenters. The van der Waals surface area contributed by atoms with Gasteiger partial charge in [0, 0.05) is 11.4 Å². The molecule has 10 nitrogen and oxygen atoms in total. The lowest BCUT2D eigenvalue weighted by atomic mass is 9.98. The monoisotopic (exact) mass is 400 g/mol. The summed E-state index contributed by atoms with van der Waals surface area (Å²) >= 11 is 0. The molecule has 0 radical (unpaired) electrons. The molecular weight excluding hydrogens is 372 g/mol. The third kappa shape index (κ3) is 4.24. The number of benzene rings is 1. The van der Waals surface area contributed by atoms with E-state index in [-0.39, 0.29) is 0 Å². The molecule has 8 N–H and O–H groups in total. The highest BCUT2D eigenvalue weighted by Crippen LogP contribution is 2.26. The molecule has 0 amide bonds. The first-order chi connectivity index (χ1) is 13.2. The van der Waals surface area contributed by atoms with Gasteiger partial charge in [0.15, 0.2) is 12.5 Å². The van der Waals surface area contributed by atoms with E-state index >= 15 is 0 Å². The van der Waals surface area contributed by atoms with Crippen molar-refractivity contribution in [1.29, 1.82) is 0 Å². The Morgan fingerprint density at radius 1 is 0.643 bits per heavy atom. The Hall–Kier alpha value is -1.50. The average molecular weight is 400 g/mol. The van der Waals surface area contributed by atoms with Gasteiger partial charge in [0.05, 0.1) is 12.2 Å². The van der Waals surface area contributed by atoms with Crippen molar-refractivity contribution in [2.75, 3.05) is 10.6 Å². The average Bonchev–Trinajstić information content (AvgIpc) is 2.67. The van der Waals surface area contributed by atoms with Gasteiger partial charge in [-0.1, -0.05) is 6.07 Å². The van der Waals surface area contributed by atoms with Gasteiger partial charge in [-0.05, 0) is 32.0 Å². The highest BCUT2D eigenvalue weighted by molar-refractivity contribution is 5.57. The third-order valence-corrected chi connectivity index (χ3v) is 5.18. The van der Waals surface area contributed by atoms with Crippen LogP contribution in [0.2, 0.25) is 0 Å². The summed E-state index contributed by atoms with van der Waals surface area (Å²) in [5, 5.41) is 65.5. The van der Waals surface area contributed by atoms with E-state index in [0.717, 1.165) is 0 Å². The molecule has 2 saturated heterocycles. The summed E-state index contributed by atoms with van der Waals surface area (Å²) in [6.07, 6.45) is -10.9. The van der Waals surface area contributed by atoms with Gasteiger partial charge in [-0.25, -0.2) is 0 Å². The lowest BCUT2D eigenvalue weighted by Gasteiger charge is -2.40. The Morgan fingerprint density at radius 2 is 1.04 bits per heavy atom. The van der Waals surface area contributed by atoms with Crippen molar-refractivity contribution in [2.45, 2.75) is 75.1 Å². The van der Waals surface area contributed by atoms with Crippen LogP contribution in [-0.4, -0.2) is 91.9 Å². The first-order valence-electron chi connectivity index (χ1n) is 9.21. The normalized spacial score (nSPS) is 44.1. The molecule has 2 fully saturated rings. The van der Waals surface area contributed by atoms with Crippen LogP contribution >= 0.6 is 0 Å². The maximum Gasteiger partial charge on any atom is 0.157 e. The van der Waals surface area contributed by atoms with Crippen LogP contribution in [0.5, 0.6) is 0 Å². The summed E-state index contributed by atoms with van der Waals surface area (Å²) < 4.78 is 11.0. The minimum Gasteiger partial charge on any atom is -0.388 e. The first-order valence-corrected chi connectivity index (χ1v) is 9.21. The van der Waals surface area contributed by atoms with E-state index in [0.29, 0.717) is 11.4 Å². The van der Waals surface area contributed by atoms with Crippen molar-refractivity contribution in [3.8, 4) is 0 Å². The number of ether oxygens (including phenoxy) is 2. The molecule has 1 aromatic rings. The molecule has 0 aromatic heterocycles. The van der Waals surface area contributed by atoms with Crippen molar-refractivity contribution >= 4 is 11.4 Å². The van der Waals surface area contributed by atoms with Gasteiger partial charge in [0.25, 0.3) is 0 Å². The fourth-order valence-corrected chi connectivity index (χ4v) is 3.37. The molecule has 2 heterocycles. The first kappa shape index (κ1) is 21.2. The number of anilines is 2. The molecule has 0 aliphatic carbocycles. The minimum absolute atomic E-state index is 0.545. The highest BCUT2D eigenvalue weighted by Gasteiger charge is 2.43. The molecule has 0 saturated carbocycles. The van der Waals surface area contributed by atoms with Gasteiger partial charge in [-0.2, -0.15) is 0 Å². The van der Waals surface area contributed by atoms with Crippen molar-refractivity contribution in [3.05, 3.63) is 24.3 Å². The number of rotatable bonds is 4. The number of hydrogen-bond donors (Lipinski definition) is 8. The van der Waals surface area contributed by atoms with Crippen molar-refractivity contribution in [1.82, 2.24) is 0 Å². The maximum atomic E-state index is 10.1. The Balaban J connectivity index is 1.67. The molecule has 10 heteroatoms. The zero-order valence-electron chi connectivity index (χ0n) is 15.6. The van der Waals surface area contributed by atoms with E-state index in [9.17, 15) is 30.6 Å². The lowest BCUT2D eigenvalue weighted by molar-refractivity contribution is -0.209. The van der Waals surface area contributed by atoms with Crippen molar-refractivity contribution in [2.24, 2.45) is 0 Å². The zero-order chi connectivity index (χ0) is 20.6. The van der Waals surface area contributed by atoms with Gasteiger partial charge in [0.1, 0.15) is 36.6 Å². The molecule has 28 heavy (non-hydrogen) atoms. The molecule has 2 aliphatic heterocycles. The Morgan fingerprint density at radius 3 is 1.43 bits per heavy atom. The van der Waals surface area contributed by atoms with E-state index < -0.39 is 61.3 Å². The Labute approximate surface area is 162 Å². The molecule has 158 valence electrons. The lowest BCUT2D eigenvalue weighted by Crippen LogP contribution is -2.59. The number of nitrogens with one attached hydrogen (secondary N) is 2. The number of aliphatic hydroxyl groups excluding tert-OH is 6. The molecule has 0 unspecified atom stereocenters. The van der Waals surface area contributed by atoms with Gasteiger partial charge in [0.2, 0.25) is 0 Å². The summed E-state index contributed by atoms with van der Waals surface area (Å²) in [5.41, 5.74) is 1.09. The second-order valence-electron chi connectivity index (χ2n) is 7.34. The number of aliphatic hydroxyl groups is 6. The van der Waals surface area contributed by atoms with Crippen LogP contribution < -0.4 is 10.6 Å². The summed E-state index contributed by atoms with van der Waals surface area (Å²) in [6.45, 7) is 3.18. The summed E-state index contributed by atoms with van der Waals surface area (Å²) in [5.74, 6) is 0. The minimum atomic E-state index is -1.34. The summed E-state index contributed by atoms with van der Waals surface area (Å²) in [7, 11) is 0. The molecule has 0 spiro atoms. The fourth-order valence-electron chi connectivity index (χ4n) is 3.37. The largest absolute Gasteiger partial charge is 0.388 e. The smallest absolute Gasteiger partial charge is 0.157 e. The predicted octanol–water partition coefficient (Wildman–Crippen LogP) is -1.83. The van der Waals surface area contributed by atoms with Crippen LogP contribution in [0.1, 0.15) is 13.8 Å². The summed E-state index contributed by atoms with van der Waals surface area (Å²) in [4.78, 5) is 0. The van der Waals surface area contributed by atoms with Crippen LogP contribution in [0.25, 0.3) is 0 Å². The molecule has 3 rings (SSSR count). The third-order valence-electron chi connectivity index (χ3n) is 5.18. The Kier molecular flexibility index (Phi) is 6.42. The topological polar surface area (TPSA) is 164 Å². The van der Waals surface area contributed by atoms with E-state index in [2.05, 4.69) is 10.6 Å². The predicted molar refractivity (Wildman–Crippen MR) is 98.4 cm³/mol. The van der Waals surface area contributed by atoms with Gasteiger partial charge in [-0.15, -0.1) is 0 Å². The fraction of sp³-hybridized carbons (Fsp3) is 0.667.